The quantitative estimate of drug-likeness (QED) is 0.452. The van der Waals surface area contributed by atoms with Gasteiger partial charge in [-0.1, -0.05) is 0 Å². The van der Waals surface area contributed by atoms with Crippen molar-refractivity contribution in [1.29, 1.82) is 0 Å². The Morgan fingerprint density at radius 3 is 2.57 bits per heavy atom. The van der Waals surface area contributed by atoms with Crippen LogP contribution in [0.5, 0.6) is 11.5 Å². The van der Waals surface area contributed by atoms with Crippen LogP contribution >= 0.6 is 0 Å². The van der Waals surface area contributed by atoms with Gasteiger partial charge in [0.15, 0.2) is 11.4 Å². The van der Waals surface area contributed by atoms with E-state index in [9.17, 15) is 34.8 Å². The molecule has 0 radical (unpaired) electrons. The zero-order chi connectivity index (χ0) is 22.0. The first-order chi connectivity index (χ1) is 14.1. The first-order valence-corrected chi connectivity index (χ1v) is 9.57. The van der Waals surface area contributed by atoms with Gasteiger partial charge < -0.3 is 30.9 Å². The van der Waals surface area contributed by atoms with Crippen molar-refractivity contribution in [2.24, 2.45) is 17.6 Å². The normalized spacial score (nSPS) is 28.1. The highest BCUT2D eigenvalue weighted by molar-refractivity contribution is 6.22. The molecule has 4 rings (SSSR count). The fourth-order valence-electron chi connectivity index (χ4n) is 4.88. The third-order valence-corrected chi connectivity index (χ3v) is 6.20. The summed E-state index contributed by atoms with van der Waals surface area (Å²) in [6.45, 7) is 2.14. The fourth-order valence-corrected chi connectivity index (χ4v) is 4.88. The number of ketones is 2. The topological polar surface area (TPSA) is 167 Å². The Labute approximate surface area is 171 Å². The van der Waals surface area contributed by atoms with E-state index in [1.807, 2.05) is 0 Å². The van der Waals surface area contributed by atoms with E-state index in [1.54, 1.807) is 13.0 Å². The summed E-state index contributed by atoms with van der Waals surface area (Å²) in [6.07, 6.45) is -0.0391. The third-order valence-electron chi connectivity index (χ3n) is 6.20. The van der Waals surface area contributed by atoms with Crippen molar-refractivity contribution < 1.29 is 39.5 Å². The highest BCUT2D eigenvalue weighted by atomic mass is 16.5. The van der Waals surface area contributed by atoms with Gasteiger partial charge in [-0.05, 0) is 37.8 Å². The van der Waals surface area contributed by atoms with Gasteiger partial charge in [-0.2, -0.15) is 0 Å². The zero-order valence-electron chi connectivity index (χ0n) is 16.1. The van der Waals surface area contributed by atoms with Crippen LogP contribution in [0.4, 0.5) is 0 Å². The molecular weight excluding hydrogens is 394 g/mol. The first kappa shape index (κ1) is 20.0. The monoisotopic (exact) mass is 415 g/mol. The molecule has 3 atom stereocenters. The maximum absolute atomic E-state index is 13.3. The predicted octanol–water partition coefficient (Wildman–Crippen LogP) is 0.823. The van der Waals surface area contributed by atoms with Crippen molar-refractivity contribution >= 4 is 23.2 Å². The van der Waals surface area contributed by atoms with E-state index in [4.69, 9.17) is 10.5 Å². The van der Waals surface area contributed by atoms with Crippen molar-refractivity contribution in [3.05, 3.63) is 40.2 Å². The van der Waals surface area contributed by atoms with E-state index < -0.39 is 52.0 Å². The van der Waals surface area contributed by atoms with Crippen LogP contribution in [0.25, 0.3) is 5.76 Å². The van der Waals surface area contributed by atoms with Gasteiger partial charge in [0.1, 0.15) is 28.6 Å². The number of rotatable bonds is 3. The number of nitrogens with two attached hydrogens (primary N) is 1. The van der Waals surface area contributed by atoms with E-state index in [1.165, 1.54) is 6.07 Å². The minimum Gasteiger partial charge on any atom is -0.508 e. The van der Waals surface area contributed by atoms with Gasteiger partial charge in [0.05, 0.1) is 12.2 Å². The molecule has 0 saturated heterocycles. The fraction of sp³-hybridized carbons (Fsp3) is 0.381. The van der Waals surface area contributed by atoms with Gasteiger partial charge in [-0.15, -0.1) is 0 Å². The molecule has 0 heterocycles. The lowest BCUT2D eigenvalue weighted by Crippen LogP contribution is -2.58. The van der Waals surface area contributed by atoms with E-state index in [0.717, 1.165) is 0 Å². The molecule has 3 aliphatic carbocycles. The predicted molar refractivity (Wildman–Crippen MR) is 103 cm³/mol. The van der Waals surface area contributed by atoms with E-state index in [0.29, 0.717) is 17.9 Å². The number of benzene rings is 1. The number of primary amides is 1. The van der Waals surface area contributed by atoms with Crippen molar-refractivity contribution in [3.8, 4) is 11.5 Å². The maximum atomic E-state index is 13.3. The average molecular weight is 415 g/mol. The molecule has 158 valence electrons. The number of Topliss-reactive ketones (excluding diaryl/α,β-unsaturated/α-hetero) is 2. The molecule has 0 unspecified atom stereocenters. The SMILES string of the molecule is CCOc1ccc(O)c2c1C[C@H]1C[C@H]3CC(=O)C(C(N)=O)=C(O)[C@@]3(O)C(=O)C1=C2O. The molecule has 0 aliphatic heterocycles. The van der Waals surface area contributed by atoms with Crippen molar-refractivity contribution in [3.63, 3.8) is 0 Å². The van der Waals surface area contributed by atoms with Crippen LogP contribution in [-0.2, 0) is 20.8 Å². The Balaban J connectivity index is 1.92. The van der Waals surface area contributed by atoms with Crippen LogP contribution in [-0.4, -0.2) is 50.1 Å². The molecular formula is C21H21NO8. The summed E-state index contributed by atoms with van der Waals surface area (Å²) in [4.78, 5) is 37.2. The Bertz CT molecular complexity index is 1070. The lowest BCUT2D eigenvalue weighted by atomic mass is 9.59. The summed E-state index contributed by atoms with van der Waals surface area (Å²) in [6, 6.07) is 2.89. The van der Waals surface area contributed by atoms with Crippen LogP contribution in [0.1, 0.15) is 30.9 Å². The standard InChI is InChI=1S/C21H21NO8/c1-2-30-13-4-3-11(23)15-10(13)6-8-5-9-7-12(24)16(20(22)28)19(27)21(9,29)18(26)14(8)17(15)25/h3-4,8-9,23,25,27,29H,2,5-7H2,1H3,(H2,22,28)/t8-,9+,21+/m1/s1. The summed E-state index contributed by atoms with van der Waals surface area (Å²) in [5, 5.41) is 42.8. The largest absolute Gasteiger partial charge is 0.508 e. The van der Waals surface area contributed by atoms with Gasteiger partial charge in [0, 0.05) is 23.5 Å². The number of aromatic hydroxyl groups is 1. The number of carbonyl (C=O) groups is 3. The number of aliphatic hydroxyl groups is 3. The number of fused-ring (bicyclic) bond motifs is 3. The number of phenolic OH excluding ortho intramolecular Hbond substituents is 1. The zero-order valence-corrected chi connectivity index (χ0v) is 16.1. The molecule has 9 nitrogen and oxygen atoms in total. The third kappa shape index (κ3) is 2.48. The number of ether oxygens (including phenoxy) is 1. The average Bonchev–Trinajstić information content (AvgIpc) is 2.66. The van der Waals surface area contributed by atoms with Gasteiger partial charge in [-0.25, -0.2) is 0 Å². The number of carbonyl (C=O) groups excluding carboxylic acids is 3. The molecule has 0 aromatic heterocycles. The minimum absolute atomic E-state index is 0.0214. The van der Waals surface area contributed by atoms with Gasteiger partial charge in [0.25, 0.3) is 5.91 Å². The number of amides is 1. The summed E-state index contributed by atoms with van der Waals surface area (Å²) in [7, 11) is 0. The van der Waals surface area contributed by atoms with Gasteiger partial charge in [-0.3, -0.25) is 14.4 Å². The molecule has 1 saturated carbocycles. The van der Waals surface area contributed by atoms with Crippen molar-refractivity contribution in [1.82, 2.24) is 0 Å². The Morgan fingerprint density at radius 2 is 1.93 bits per heavy atom. The van der Waals surface area contributed by atoms with Crippen molar-refractivity contribution in [2.45, 2.75) is 31.8 Å². The number of phenols is 1. The number of hydrogen-bond donors (Lipinski definition) is 5. The molecule has 30 heavy (non-hydrogen) atoms. The smallest absolute Gasteiger partial charge is 0.255 e. The summed E-state index contributed by atoms with van der Waals surface area (Å²) < 4.78 is 5.58. The Hall–Kier alpha value is -3.33. The Kier molecular flexibility index (Phi) is 4.39. The van der Waals surface area contributed by atoms with E-state index in [-0.39, 0.29) is 36.1 Å². The molecule has 1 amide bonds. The van der Waals surface area contributed by atoms with Gasteiger partial charge in [0.2, 0.25) is 5.78 Å². The van der Waals surface area contributed by atoms with Gasteiger partial charge >= 0.3 is 0 Å². The molecule has 9 heteroatoms. The lowest BCUT2D eigenvalue weighted by molar-refractivity contribution is -0.147. The number of aliphatic hydroxyl groups excluding tert-OH is 2. The lowest BCUT2D eigenvalue weighted by Gasteiger charge is -2.46. The second kappa shape index (κ2) is 6.60. The molecule has 0 bridgehead atoms. The van der Waals surface area contributed by atoms with E-state index in [2.05, 4.69) is 0 Å². The number of hydrogen-bond acceptors (Lipinski definition) is 8. The second-order valence-electron chi connectivity index (χ2n) is 7.78. The Morgan fingerprint density at radius 1 is 1.23 bits per heavy atom. The molecule has 1 aromatic rings. The summed E-state index contributed by atoms with van der Waals surface area (Å²) in [5.41, 5.74) is 2.16. The highest BCUT2D eigenvalue weighted by Crippen LogP contribution is 2.52. The molecule has 0 spiro atoms. The minimum atomic E-state index is -2.55. The van der Waals surface area contributed by atoms with Crippen LogP contribution < -0.4 is 10.5 Å². The van der Waals surface area contributed by atoms with Crippen LogP contribution in [0.15, 0.2) is 29.0 Å². The summed E-state index contributed by atoms with van der Waals surface area (Å²) in [5.74, 6) is -6.01. The summed E-state index contributed by atoms with van der Waals surface area (Å²) >= 11 is 0. The van der Waals surface area contributed by atoms with Crippen LogP contribution in [0.3, 0.4) is 0 Å². The maximum Gasteiger partial charge on any atom is 0.255 e. The van der Waals surface area contributed by atoms with Crippen molar-refractivity contribution in [2.75, 3.05) is 6.61 Å². The molecule has 1 aromatic carbocycles. The van der Waals surface area contributed by atoms with Crippen LogP contribution in [0.2, 0.25) is 0 Å². The first-order valence-electron chi connectivity index (χ1n) is 9.57. The second-order valence-corrected chi connectivity index (χ2v) is 7.78. The van der Waals surface area contributed by atoms with E-state index >= 15 is 0 Å². The molecule has 1 fully saturated rings. The molecule has 6 N–H and O–H groups in total. The molecule has 3 aliphatic rings. The van der Waals surface area contributed by atoms with Crippen LogP contribution in [0, 0.1) is 11.8 Å². The highest BCUT2D eigenvalue weighted by Gasteiger charge is 2.60.